The molecular formula is C11H16N4O3. The van der Waals surface area contributed by atoms with Gasteiger partial charge in [-0.1, -0.05) is 0 Å². The van der Waals surface area contributed by atoms with E-state index in [0.717, 1.165) is 5.56 Å². The standard InChI is InChI=1S/C11H16N4O3/c1-7(10(16)15-11(12)17)14-6-8-3-4-13-9(5-8)18-2/h3-5,7,14H,6H2,1-2H3,(H3,12,15,16,17). The van der Waals surface area contributed by atoms with Crippen molar-refractivity contribution in [3.8, 4) is 5.88 Å². The first kappa shape index (κ1) is 13.9. The number of rotatable bonds is 5. The highest BCUT2D eigenvalue weighted by atomic mass is 16.5. The molecular weight excluding hydrogens is 236 g/mol. The summed E-state index contributed by atoms with van der Waals surface area (Å²) in [5.41, 5.74) is 5.77. The van der Waals surface area contributed by atoms with Gasteiger partial charge in [-0.3, -0.25) is 10.1 Å². The van der Waals surface area contributed by atoms with Gasteiger partial charge in [0.1, 0.15) is 0 Å². The molecule has 1 heterocycles. The Balaban J connectivity index is 2.48. The van der Waals surface area contributed by atoms with Gasteiger partial charge in [0.2, 0.25) is 11.8 Å². The number of methoxy groups -OCH3 is 1. The first-order chi connectivity index (χ1) is 8.52. The molecule has 0 bridgehead atoms. The summed E-state index contributed by atoms with van der Waals surface area (Å²) in [6.45, 7) is 2.09. The van der Waals surface area contributed by atoms with E-state index in [0.29, 0.717) is 12.4 Å². The molecule has 0 aromatic carbocycles. The number of pyridine rings is 1. The zero-order valence-electron chi connectivity index (χ0n) is 10.3. The fraction of sp³-hybridized carbons (Fsp3) is 0.364. The number of hydrogen-bond donors (Lipinski definition) is 3. The predicted molar refractivity (Wildman–Crippen MR) is 64.8 cm³/mol. The highest BCUT2D eigenvalue weighted by molar-refractivity contribution is 5.96. The van der Waals surface area contributed by atoms with Gasteiger partial charge in [0.15, 0.2) is 0 Å². The van der Waals surface area contributed by atoms with Gasteiger partial charge in [-0.25, -0.2) is 9.78 Å². The number of amides is 3. The van der Waals surface area contributed by atoms with Crippen molar-refractivity contribution in [1.82, 2.24) is 15.6 Å². The van der Waals surface area contributed by atoms with Crippen LogP contribution in [0.4, 0.5) is 4.79 Å². The Labute approximate surface area is 105 Å². The number of aromatic nitrogens is 1. The average molecular weight is 252 g/mol. The van der Waals surface area contributed by atoms with E-state index in [4.69, 9.17) is 10.5 Å². The molecule has 98 valence electrons. The molecule has 7 heteroatoms. The van der Waals surface area contributed by atoms with Crippen molar-refractivity contribution in [3.05, 3.63) is 23.9 Å². The fourth-order valence-electron chi connectivity index (χ4n) is 1.27. The molecule has 0 saturated carbocycles. The summed E-state index contributed by atoms with van der Waals surface area (Å²) in [4.78, 5) is 25.9. The molecule has 0 aliphatic heterocycles. The minimum Gasteiger partial charge on any atom is -0.481 e. The largest absolute Gasteiger partial charge is 0.481 e. The molecule has 1 rings (SSSR count). The van der Waals surface area contributed by atoms with Crippen LogP contribution in [0.3, 0.4) is 0 Å². The molecule has 0 aliphatic rings. The monoisotopic (exact) mass is 252 g/mol. The third kappa shape index (κ3) is 4.38. The van der Waals surface area contributed by atoms with E-state index in [2.05, 4.69) is 10.3 Å². The summed E-state index contributed by atoms with van der Waals surface area (Å²) in [5.74, 6) is 0.0343. The van der Waals surface area contributed by atoms with E-state index in [1.54, 1.807) is 25.3 Å². The first-order valence-corrected chi connectivity index (χ1v) is 5.35. The minimum absolute atomic E-state index is 0.451. The lowest BCUT2D eigenvalue weighted by atomic mass is 10.2. The number of carbonyl (C=O) groups excluding carboxylic acids is 2. The van der Waals surface area contributed by atoms with Crippen LogP contribution in [0.15, 0.2) is 18.3 Å². The normalized spacial score (nSPS) is 11.7. The van der Waals surface area contributed by atoms with E-state index in [9.17, 15) is 9.59 Å². The number of nitrogens with zero attached hydrogens (tertiary/aromatic N) is 1. The Morgan fingerprint density at radius 1 is 1.56 bits per heavy atom. The molecule has 0 aliphatic carbocycles. The van der Waals surface area contributed by atoms with Crippen molar-refractivity contribution in [2.24, 2.45) is 5.73 Å². The number of carbonyl (C=O) groups is 2. The average Bonchev–Trinajstić information content (AvgIpc) is 2.35. The lowest BCUT2D eigenvalue weighted by Crippen LogP contribution is -2.46. The Bertz CT molecular complexity index is 436. The van der Waals surface area contributed by atoms with E-state index in [1.165, 1.54) is 7.11 Å². The van der Waals surface area contributed by atoms with Crippen LogP contribution < -0.4 is 21.1 Å². The molecule has 0 spiro atoms. The lowest BCUT2D eigenvalue weighted by Gasteiger charge is -2.12. The molecule has 18 heavy (non-hydrogen) atoms. The zero-order chi connectivity index (χ0) is 13.5. The van der Waals surface area contributed by atoms with Gasteiger partial charge in [-0.2, -0.15) is 0 Å². The van der Waals surface area contributed by atoms with Crippen molar-refractivity contribution in [2.75, 3.05) is 7.11 Å². The van der Waals surface area contributed by atoms with Gasteiger partial charge >= 0.3 is 6.03 Å². The molecule has 1 aromatic heterocycles. The Kier molecular flexibility index (Phi) is 5.06. The fourth-order valence-corrected chi connectivity index (χ4v) is 1.27. The molecule has 0 radical (unpaired) electrons. The number of imide groups is 1. The SMILES string of the molecule is COc1cc(CNC(C)C(=O)NC(N)=O)ccn1. The quantitative estimate of drug-likeness (QED) is 0.670. The van der Waals surface area contributed by atoms with Crippen LogP contribution >= 0.6 is 0 Å². The van der Waals surface area contributed by atoms with Crippen molar-refractivity contribution in [3.63, 3.8) is 0 Å². The summed E-state index contributed by atoms with van der Waals surface area (Å²) in [6, 6.07) is 2.16. The van der Waals surface area contributed by atoms with Crippen LogP contribution in [-0.2, 0) is 11.3 Å². The van der Waals surface area contributed by atoms with Crippen molar-refractivity contribution in [1.29, 1.82) is 0 Å². The zero-order valence-corrected chi connectivity index (χ0v) is 10.3. The third-order valence-electron chi connectivity index (χ3n) is 2.26. The van der Waals surface area contributed by atoms with Gasteiger partial charge in [-0.05, 0) is 18.6 Å². The molecule has 3 amide bonds. The van der Waals surface area contributed by atoms with Crippen LogP contribution in [-0.4, -0.2) is 30.1 Å². The second kappa shape index (κ2) is 6.55. The highest BCUT2D eigenvalue weighted by Crippen LogP contribution is 2.08. The Morgan fingerprint density at radius 2 is 2.28 bits per heavy atom. The summed E-state index contributed by atoms with van der Waals surface area (Å²) in [7, 11) is 1.53. The third-order valence-corrected chi connectivity index (χ3v) is 2.26. The van der Waals surface area contributed by atoms with Crippen molar-refractivity contribution < 1.29 is 14.3 Å². The van der Waals surface area contributed by atoms with E-state index < -0.39 is 18.0 Å². The van der Waals surface area contributed by atoms with E-state index in [-0.39, 0.29) is 0 Å². The van der Waals surface area contributed by atoms with Gasteiger partial charge in [0, 0.05) is 18.8 Å². The molecule has 4 N–H and O–H groups in total. The molecule has 0 saturated heterocycles. The summed E-state index contributed by atoms with van der Waals surface area (Å²) in [5, 5.41) is 4.95. The van der Waals surface area contributed by atoms with Gasteiger partial charge < -0.3 is 15.8 Å². The second-order valence-electron chi connectivity index (χ2n) is 3.66. The molecule has 1 unspecified atom stereocenters. The minimum atomic E-state index is -0.862. The van der Waals surface area contributed by atoms with Gasteiger partial charge in [0.25, 0.3) is 0 Å². The summed E-state index contributed by atoms with van der Waals surface area (Å²) < 4.78 is 4.98. The molecule has 7 nitrogen and oxygen atoms in total. The summed E-state index contributed by atoms with van der Waals surface area (Å²) >= 11 is 0. The van der Waals surface area contributed by atoms with Gasteiger partial charge in [0.05, 0.1) is 13.2 Å². The smallest absolute Gasteiger partial charge is 0.318 e. The van der Waals surface area contributed by atoms with Crippen LogP contribution in [0.2, 0.25) is 0 Å². The molecule has 1 aromatic rings. The highest BCUT2D eigenvalue weighted by Gasteiger charge is 2.13. The predicted octanol–water partition coefficient (Wildman–Crippen LogP) is -0.237. The topological polar surface area (TPSA) is 106 Å². The number of nitrogens with two attached hydrogens (primary N) is 1. The number of urea groups is 1. The van der Waals surface area contributed by atoms with Crippen molar-refractivity contribution in [2.45, 2.75) is 19.5 Å². The van der Waals surface area contributed by atoms with Crippen LogP contribution in [0, 0.1) is 0 Å². The molecule has 1 atom stereocenters. The second-order valence-corrected chi connectivity index (χ2v) is 3.66. The van der Waals surface area contributed by atoms with Crippen LogP contribution in [0.1, 0.15) is 12.5 Å². The Morgan fingerprint density at radius 3 is 2.89 bits per heavy atom. The maximum Gasteiger partial charge on any atom is 0.318 e. The van der Waals surface area contributed by atoms with Gasteiger partial charge in [-0.15, -0.1) is 0 Å². The van der Waals surface area contributed by atoms with Crippen LogP contribution in [0.5, 0.6) is 5.88 Å². The first-order valence-electron chi connectivity index (χ1n) is 5.35. The van der Waals surface area contributed by atoms with Crippen LogP contribution in [0.25, 0.3) is 0 Å². The van der Waals surface area contributed by atoms with Crippen molar-refractivity contribution >= 4 is 11.9 Å². The lowest BCUT2D eigenvalue weighted by molar-refractivity contribution is -0.121. The maximum absolute atomic E-state index is 11.4. The molecule has 0 fully saturated rings. The number of primary amides is 1. The number of hydrogen-bond acceptors (Lipinski definition) is 5. The number of nitrogens with one attached hydrogen (secondary N) is 2. The summed E-state index contributed by atoms with van der Waals surface area (Å²) in [6.07, 6.45) is 1.62. The maximum atomic E-state index is 11.4. The van der Waals surface area contributed by atoms with E-state index >= 15 is 0 Å². The van der Waals surface area contributed by atoms with E-state index in [1.807, 2.05) is 5.32 Å². The number of ether oxygens (including phenoxy) is 1. The Hall–Kier alpha value is -2.15.